The molecule has 2 aromatic carbocycles. The number of hydrogen-bond acceptors (Lipinski definition) is 5. The van der Waals surface area contributed by atoms with Crippen LogP contribution in [-0.4, -0.2) is 37.5 Å². The Morgan fingerprint density at radius 1 is 0.875 bits per heavy atom. The van der Waals surface area contributed by atoms with Gasteiger partial charge in [0.05, 0.1) is 15.3 Å². The lowest BCUT2D eigenvalue weighted by atomic mass is 10.0. The van der Waals surface area contributed by atoms with Crippen LogP contribution in [0, 0.1) is 0 Å². The molecule has 1 amide bonds. The van der Waals surface area contributed by atoms with Gasteiger partial charge >= 0.3 is 0 Å². The highest BCUT2D eigenvalue weighted by atomic mass is 32.2. The van der Waals surface area contributed by atoms with E-state index in [1.165, 1.54) is 15.6 Å². The van der Waals surface area contributed by atoms with E-state index < -0.39 is 10.0 Å². The number of carbonyl (C=O) groups is 2. The van der Waals surface area contributed by atoms with Gasteiger partial charge in [0.15, 0.2) is 0 Å². The van der Waals surface area contributed by atoms with Crippen LogP contribution in [-0.2, 0) is 16.6 Å². The van der Waals surface area contributed by atoms with Gasteiger partial charge in [-0.15, -0.1) is 11.3 Å². The zero-order valence-corrected chi connectivity index (χ0v) is 19.1. The van der Waals surface area contributed by atoms with Crippen LogP contribution in [0.25, 0.3) is 0 Å². The van der Waals surface area contributed by atoms with Gasteiger partial charge in [0, 0.05) is 25.2 Å². The van der Waals surface area contributed by atoms with Crippen LogP contribution in [0.15, 0.2) is 70.9 Å². The molecule has 1 fully saturated rings. The van der Waals surface area contributed by atoms with Gasteiger partial charge < -0.3 is 5.32 Å². The molecule has 0 spiro atoms. The zero-order chi connectivity index (χ0) is 22.6. The molecule has 1 aliphatic rings. The number of rotatable bonds is 7. The maximum Gasteiger partial charge on any atom is 0.252 e. The molecule has 8 heteroatoms. The second kappa shape index (κ2) is 9.77. The Bertz CT molecular complexity index is 1200. The summed E-state index contributed by atoms with van der Waals surface area (Å²) in [5.41, 5.74) is 1.45. The molecule has 1 aromatic heterocycles. The number of benzene rings is 2. The van der Waals surface area contributed by atoms with E-state index in [0.717, 1.165) is 24.8 Å². The summed E-state index contributed by atoms with van der Waals surface area (Å²) in [6.45, 7) is 1.35. The highest BCUT2D eigenvalue weighted by molar-refractivity contribution is 7.89. The van der Waals surface area contributed by atoms with E-state index in [0.29, 0.717) is 29.1 Å². The molecule has 1 aliphatic heterocycles. The van der Waals surface area contributed by atoms with Gasteiger partial charge in [-0.25, -0.2) is 8.42 Å². The molecule has 6 nitrogen and oxygen atoms in total. The third-order valence-electron chi connectivity index (χ3n) is 5.49. The fourth-order valence-corrected chi connectivity index (χ4v) is 5.93. The van der Waals surface area contributed by atoms with E-state index in [1.54, 1.807) is 60.7 Å². The lowest BCUT2D eigenvalue weighted by Gasteiger charge is -2.25. The number of ketones is 1. The molecule has 0 saturated carbocycles. The average Bonchev–Trinajstić information content (AvgIpc) is 3.38. The second-order valence-electron chi connectivity index (χ2n) is 7.64. The van der Waals surface area contributed by atoms with Crippen molar-refractivity contribution in [2.45, 2.75) is 30.7 Å². The van der Waals surface area contributed by atoms with Gasteiger partial charge in [-0.3, -0.25) is 9.59 Å². The minimum absolute atomic E-state index is 0.182. The first-order valence-electron chi connectivity index (χ1n) is 10.5. The number of thiophene rings is 1. The lowest BCUT2D eigenvalue weighted by molar-refractivity contribution is 0.0940. The molecule has 0 aliphatic carbocycles. The van der Waals surface area contributed by atoms with Gasteiger partial charge in [-0.05, 0) is 48.1 Å². The quantitative estimate of drug-likeness (QED) is 0.530. The van der Waals surface area contributed by atoms with Gasteiger partial charge in [0.1, 0.15) is 0 Å². The Hall–Kier alpha value is -2.81. The minimum atomic E-state index is -3.48. The van der Waals surface area contributed by atoms with E-state index in [2.05, 4.69) is 5.32 Å². The monoisotopic (exact) mass is 468 g/mol. The summed E-state index contributed by atoms with van der Waals surface area (Å²) in [6.07, 6.45) is 2.84. The number of hydrogen-bond donors (Lipinski definition) is 1. The first kappa shape index (κ1) is 22.4. The van der Waals surface area contributed by atoms with Crippen LogP contribution in [0.1, 0.15) is 50.4 Å². The second-order valence-corrected chi connectivity index (χ2v) is 10.5. The van der Waals surface area contributed by atoms with Crippen molar-refractivity contribution < 1.29 is 18.0 Å². The van der Waals surface area contributed by atoms with Crippen LogP contribution < -0.4 is 5.32 Å². The fraction of sp³-hybridized carbons (Fsp3) is 0.250. The first-order chi connectivity index (χ1) is 15.5. The predicted molar refractivity (Wildman–Crippen MR) is 124 cm³/mol. The van der Waals surface area contributed by atoms with Crippen molar-refractivity contribution in [2.24, 2.45) is 0 Å². The summed E-state index contributed by atoms with van der Waals surface area (Å²) in [5, 5.41) is 4.65. The number of carbonyl (C=O) groups excluding carboxylic acids is 2. The molecule has 0 atom stereocenters. The summed E-state index contributed by atoms with van der Waals surface area (Å²) in [7, 11) is -3.48. The van der Waals surface area contributed by atoms with Crippen LogP contribution in [0.5, 0.6) is 0 Å². The molecule has 1 saturated heterocycles. The van der Waals surface area contributed by atoms with E-state index in [-0.39, 0.29) is 23.1 Å². The Balaban J connectivity index is 1.43. The summed E-state index contributed by atoms with van der Waals surface area (Å²) < 4.78 is 27.1. The van der Waals surface area contributed by atoms with E-state index in [1.807, 2.05) is 5.38 Å². The highest BCUT2D eigenvalue weighted by Crippen LogP contribution is 2.21. The standard InChI is InChI=1S/C24H24N2O4S2/c27-23(22-9-6-16-31-22)20-7-2-3-8-21(20)24(28)25-17-18-10-12-19(13-11-18)32(29,30)26-14-4-1-5-15-26/h2-3,6-13,16H,1,4-5,14-15,17H2,(H,25,28). The van der Waals surface area contributed by atoms with Crippen molar-refractivity contribution in [3.8, 4) is 0 Å². The Morgan fingerprint density at radius 3 is 2.22 bits per heavy atom. The Labute approximate surface area is 191 Å². The number of nitrogens with one attached hydrogen (secondary N) is 1. The zero-order valence-electron chi connectivity index (χ0n) is 17.5. The maximum absolute atomic E-state index is 12.8. The molecule has 3 aromatic rings. The number of sulfonamides is 1. The largest absolute Gasteiger partial charge is 0.348 e. The number of piperidine rings is 1. The van der Waals surface area contributed by atoms with Crippen LogP contribution in [0.3, 0.4) is 0 Å². The van der Waals surface area contributed by atoms with Crippen LogP contribution in [0.4, 0.5) is 0 Å². The van der Waals surface area contributed by atoms with Crippen LogP contribution in [0.2, 0.25) is 0 Å². The third-order valence-corrected chi connectivity index (χ3v) is 8.27. The molecule has 166 valence electrons. The Morgan fingerprint density at radius 2 is 1.56 bits per heavy atom. The van der Waals surface area contributed by atoms with Gasteiger partial charge in [-0.1, -0.05) is 42.8 Å². The maximum atomic E-state index is 12.8. The summed E-state index contributed by atoms with van der Waals surface area (Å²) in [6, 6.07) is 16.9. The minimum Gasteiger partial charge on any atom is -0.348 e. The molecular weight excluding hydrogens is 444 g/mol. The smallest absolute Gasteiger partial charge is 0.252 e. The molecule has 0 bridgehead atoms. The third kappa shape index (κ3) is 4.82. The predicted octanol–water partition coefficient (Wildman–Crippen LogP) is 4.08. The molecule has 0 radical (unpaired) electrons. The molecule has 4 rings (SSSR count). The van der Waals surface area contributed by atoms with Crippen molar-refractivity contribution >= 4 is 33.1 Å². The number of amides is 1. The van der Waals surface area contributed by atoms with E-state index in [9.17, 15) is 18.0 Å². The fourth-order valence-electron chi connectivity index (χ4n) is 3.73. The summed E-state index contributed by atoms with van der Waals surface area (Å²) >= 11 is 1.34. The summed E-state index contributed by atoms with van der Waals surface area (Å²) in [5.74, 6) is -0.534. The number of nitrogens with zero attached hydrogens (tertiary/aromatic N) is 1. The molecule has 32 heavy (non-hydrogen) atoms. The Kier molecular flexibility index (Phi) is 6.83. The average molecular weight is 469 g/mol. The van der Waals surface area contributed by atoms with Gasteiger partial charge in [0.2, 0.25) is 15.8 Å². The van der Waals surface area contributed by atoms with Crippen molar-refractivity contribution in [1.82, 2.24) is 9.62 Å². The van der Waals surface area contributed by atoms with E-state index >= 15 is 0 Å². The van der Waals surface area contributed by atoms with Crippen molar-refractivity contribution in [3.63, 3.8) is 0 Å². The first-order valence-corrected chi connectivity index (χ1v) is 12.8. The van der Waals surface area contributed by atoms with Crippen molar-refractivity contribution in [2.75, 3.05) is 13.1 Å². The normalized spacial score (nSPS) is 14.8. The molecular formula is C24H24N2O4S2. The van der Waals surface area contributed by atoms with Gasteiger partial charge in [0.25, 0.3) is 5.91 Å². The highest BCUT2D eigenvalue weighted by Gasteiger charge is 2.25. The van der Waals surface area contributed by atoms with Gasteiger partial charge in [-0.2, -0.15) is 4.31 Å². The lowest BCUT2D eigenvalue weighted by Crippen LogP contribution is -2.35. The van der Waals surface area contributed by atoms with Crippen LogP contribution >= 0.6 is 11.3 Å². The SMILES string of the molecule is O=C(NCc1ccc(S(=O)(=O)N2CCCCC2)cc1)c1ccccc1C(=O)c1cccs1. The topological polar surface area (TPSA) is 83.6 Å². The van der Waals surface area contributed by atoms with E-state index in [4.69, 9.17) is 0 Å². The molecule has 2 heterocycles. The molecule has 0 unspecified atom stereocenters. The van der Waals surface area contributed by atoms with Crippen molar-refractivity contribution in [1.29, 1.82) is 0 Å². The summed E-state index contributed by atoms with van der Waals surface area (Å²) in [4.78, 5) is 26.4. The molecule has 1 N–H and O–H groups in total. The van der Waals surface area contributed by atoms with Crippen molar-refractivity contribution in [3.05, 3.63) is 87.6 Å².